The van der Waals surface area contributed by atoms with Gasteiger partial charge in [0, 0.05) is 12.2 Å². The summed E-state index contributed by atoms with van der Waals surface area (Å²) in [5.41, 5.74) is 5.14. The second kappa shape index (κ2) is 9.21. The van der Waals surface area contributed by atoms with E-state index in [1.165, 1.54) is 0 Å². The maximum atomic E-state index is 13.1. The Balaban J connectivity index is 1.55. The maximum absolute atomic E-state index is 13.1. The molecule has 1 amide bonds. The van der Waals surface area contributed by atoms with Gasteiger partial charge in [-0.05, 0) is 72.9 Å². The van der Waals surface area contributed by atoms with Crippen LogP contribution in [0.4, 0.5) is 0 Å². The molecule has 5 heteroatoms. The Morgan fingerprint density at radius 3 is 2.26 bits per heavy atom. The van der Waals surface area contributed by atoms with Crippen LogP contribution in [0.15, 0.2) is 60.7 Å². The Morgan fingerprint density at radius 2 is 1.61 bits per heavy atom. The number of pyridine rings is 1. The first-order chi connectivity index (χ1) is 15.1. The van der Waals surface area contributed by atoms with Gasteiger partial charge in [-0.2, -0.15) is 0 Å². The maximum Gasteiger partial charge on any atom is 0.227 e. The number of aryl methyl sites for hydroxylation is 1. The van der Waals surface area contributed by atoms with Crippen LogP contribution in [0.3, 0.4) is 0 Å². The molecule has 1 saturated heterocycles. The number of methoxy groups -OCH3 is 2. The number of carbonyl (C=O) groups excluding carboxylic acids is 1. The van der Waals surface area contributed by atoms with E-state index in [1.54, 1.807) is 14.2 Å². The Hall–Kier alpha value is -3.34. The molecule has 3 aromatic rings. The van der Waals surface area contributed by atoms with Gasteiger partial charge in [-0.25, -0.2) is 0 Å². The molecule has 0 aliphatic carbocycles. The predicted molar refractivity (Wildman–Crippen MR) is 121 cm³/mol. The zero-order valence-electron chi connectivity index (χ0n) is 18.3. The number of likely N-dealkylation sites (tertiary alicyclic amines) is 1. The van der Waals surface area contributed by atoms with Crippen molar-refractivity contribution in [3.63, 3.8) is 0 Å². The van der Waals surface area contributed by atoms with Crippen molar-refractivity contribution in [1.82, 2.24) is 9.88 Å². The number of aromatic nitrogens is 1. The van der Waals surface area contributed by atoms with Gasteiger partial charge in [0.1, 0.15) is 11.5 Å². The molecule has 5 nitrogen and oxygen atoms in total. The minimum absolute atomic E-state index is 0.0163. The number of ether oxygens (including phenoxy) is 2. The Morgan fingerprint density at radius 1 is 0.968 bits per heavy atom. The zero-order chi connectivity index (χ0) is 21.8. The summed E-state index contributed by atoms with van der Waals surface area (Å²) < 4.78 is 10.5. The lowest BCUT2D eigenvalue weighted by molar-refractivity contribution is -0.131. The minimum atomic E-state index is 0.0163. The van der Waals surface area contributed by atoms with Crippen molar-refractivity contribution < 1.29 is 14.3 Å². The molecule has 160 valence electrons. The molecule has 0 bridgehead atoms. The fourth-order valence-electron chi connectivity index (χ4n) is 4.21. The lowest BCUT2D eigenvalue weighted by Gasteiger charge is -2.25. The number of benzene rings is 2. The molecule has 1 aromatic heterocycles. The number of nitrogens with zero attached hydrogens (tertiary/aromatic N) is 2. The van der Waals surface area contributed by atoms with Crippen LogP contribution >= 0.6 is 0 Å². The molecule has 2 heterocycles. The van der Waals surface area contributed by atoms with E-state index in [4.69, 9.17) is 14.5 Å². The van der Waals surface area contributed by atoms with Gasteiger partial charge in [-0.15, -0.1) is 0 Å². The number of hydrogen-bond acceptors (Lipinski definition) is 4. The summed E-state index contributed by atoms with van der Waals surface area (Å²) in [6.45, 7) is 2.78. The van der Waals surface area contributed by atoms with Crippen LogP contribution in [0, 0.1) is 6.92 Å². The molecule has 0 radical (unpaired) electrons. The van der Waals surface area contributed by atoms with E-state index in [0.29, 0.717) is 6.42 Å². The predicted octanol–water partition coefficient (Wildman–Crippen LogP) is 4.98. The molecular formula is C26H28N2O3. The van der Waals surface area contributed by atoms with Crippen molar-refractivity contribution in [2.75, 3.05) is 20.8 Å². The molecule has 1 atom stereocenters. The topological polar surface area (TPSA) is 51.7 Å². The highest BCUT2D eigenvalue weighted by Crippen LogP contribution is 2.34. The second-order valence-corrected chi connectivity index (χ2v) is 7.92. The van der Waals surface area contributed by atoms with E-state index >= 15 is 0 Å². The van der Waals surface area contributed by atoms with Crippen molar-refractivity contribution in [3.8, 4) is 22.6 Å². The summed E-state index contributed by atoms with van der Waals surface area (Å²) in [5, 5.41) is 0. The van der Waals surface area contributed by atoms with Crippen LogP contribution in [0.2, 0.25) is 0 Å². The lowest BCUT2D eigenvalue weighted by atomic mass is 10.0. The molecule has 2 aromatic carbocycles. The normalized spacial score (nSPS) is 15.7. The van der Waals surface area contributed by atoms with Crippen molar-refractivity contribution in [2.24, 2.45) is 0 Å². The zero-order valence-corrected chi connectivity index (χ0v) is 18.3. The molecule has 4 rings (SSSR count). The molecule has 0 N–H and O–H groups in total. The van der Waals surface area contributed by atoms with Gasteiger partial charge in [0.2, 0.25) is 5.91 Å². The fraction of sp³-hybridized carbons (Fsp3) is 0.308. The minimum Gasteiger partial charge on any atom is -0.497 e. The van der Waals surface area contributed by atoms with Crippen molar-refractivity contribution in [2.45, 2.75) is 32.2 Å². The van der Waals surface area contributed by atoms with Gasteiger partial charge in [0.05, 0.1) is 32.4 Å². The number of rotatable bonds is 6. The molecule has 1 aliphatic heterocycles. The quantitative estimate of drug-likeness (QED) is 0.569. The summed E-state index contributed by atoms with van der Waals surface area (Å²) in [4.78, 5) is 19.9. The van der Waals surface area contributed by atoms with Crippen LogP contribution in [-0.2, 0) is 11.2 Å². The van der Waals surface area contributed by atoms with E-state index in [-0.39, 0.29) is 11.9 Å². The van der Waals surface area contributed by atoms with Crippen molar-refractivity contribution in [3.05, 3.63) is 77.6 Å². The molecule has 0 unspecified atom stereocenters. The largest absolute Gasteiger partial charge is 0.497 e. The highest BCUT2D eigenvalue weighted by Gasteiger charge is 2.31. The second-order valence-electron chi connectivity index (χ2n) is 7.92. The third kappa shape index (κ3) is 4.71. The van der Waals surface area contributed by atoms with E-state index < -0.39 is 0 Å². The van der Waals surface area contributed by atoms with Gasteiger partial charge in [-0.3, -0.25) is 9.78 Å². The highest BCUT2D eigenvalue weighted by molar-refractivity contribution is 5.79. The SMILES string of the molecule is COc1ccc(CC(=O)N2CCC[C@@H]2c2cc(-c3ccc(OC)cc3)cc(C)n2)cc1. The molecule has 1 aliphatic rings. The standard InChI is InChI=1S/C26H28N2O3/c1-18-15-21(20-8-12-23(31-3)13-9-20)17-24(27-18)25-5-4-14-28(25)26(29)16-19-6-10-22(30-2)11-7-19/h6-13,15,17,25H,4-5,14,16H2,1-3H3/t25-/m1/s1. The van der Waals surface area contributed by atoms with Gasteiger partial charge in [0.25, 0.3) is 0 Å². The summed E-state index contributed by atoms with van der Waals surface area (Å²) in [7, 11) is 3.31. The van der Waals surface area contributed by atoms with Crippen LogP contribution in [0.1, 0.15) is 35.8 Å². The Kier molecular flexibility index (Phi) is 6.21. The van der Waals surface area contributed by atoms with Crippen molar-refractivity contribution in [1.29, 1.82) is 0 Å². The molecular weight excluding hydrogens is 388 g/mol. The van der Waals surface area contributed by atoms with Gasteiger partial charge >= 0.3 is 0 Å². The third-order valence-corrected chi connectivity index (χ3v) is 5.83. The number of amides is 1. The van der Waals surface area contributed by atoms with Crippen LogP contribution in [-0.4, -0.2) is 36.6 Å². The Labute approximate surface area is 183 Å². The van der Waals surface area contributed by atoms with E-state index in [0.717, 1.165) is 59.0 Å². The van der Waals surface area contributed by atoms with Gasteiger partial charge in [0.15, 0.2) is 0 Å². The smallest absolute Gasteiger partial charge is 0.227 e. The third-order valence-electron chi connectivity index (χ3n) is 5.83. The first kappa shape index (κ1) is 20.9. The summed E-state index contributed by atoms with van der Waals surface area (Å²) in [5.74, 6) is 1.77. The van der Waals surface area contributed by atoms with Gasteiger partial charge < -0.3 is 14.4 Å². The summed E-state index contributed by atoms with van der Waals surface area (Å²) >= 11 is 0. The van der Waals surface area contributed by atoms with Gasteiger partial charge in [-0.1, -0.05) is 24.3 Å². The van der Waals surface area contributed by atoms with Crippen LogP contribution in [0.25, 0.3) is 11.1 Å². The summed E-state index contributed by atoms with van der Waals surface area (Å²) in [6, 6.07) is 20.0. The average Bonchev–Trinajstić information content (AvgIpc) is 3.29. The first-order valence-corrected chi connectivity index (χ1v) is 10.6. The summed E-state index contributed by atoms with van der Waals surface area (Å²) in [6.07, 6.45) is 2.32. The number of carbonyl (C=O) groups is 1. The first-order valence-electron chi connectivity index (χ1n) is 10.6. The lowest BCUT2D eigenvalue weighted by Crippen LogP contribution is -2.32. The molecule has 0 spiro atoms. The van der Waals surface area contributed by atoms with Crippen LogP contribution < -0.4 is 9.47 Å². The number of hydrogen-bond donors (Lipinski definition) is 0. The highest BCUT2D eigenvalue weighted by atomic mass is 16.5. The molecule has 1 fully saturated rings. The Bertz CT molecular complexity index is 1050. The monoisotopic (exact) mass is 416 g/mol. The molecule has 31 heavy (non-hydrogen) atoms. The fourth-order valence-corrected chi connectivity index (χ4v) is 4.21. The van der Waals surface area contributed by atoms with Crippen LogP contribution in [0.5, 0.6) is 11.5 Å². The van der Waals surface area contributed by atoms with E-state index in [9.17, 15) is 4.79 Å². The average molecular weight is 417 g/mol. The van der Waals surface area contributed by atoms with Crippen molar-refractivity contribution >= 4 is 5.91 Å². The van der Waals surface area contributed by atoms with E-state index in [1.807, 2.05) is 48.2 Å². The molecule has 0 saturated carbocycles. The van der Waals surface area contributed by atoms with E-state index in [2.05, 4.69) is 24.3 Å².